The van der Waals surface area contributed by atoms with E-state index in [0.29, 0.717) is 66.5 Å². The first kappa shape index (κ1) is 38.9. The maximum Gasteiger partial charge on any atom is 0.407 e. The van der Waals surface area contributed by atoms with Crippen LogP contribution in [0.5, 0.6) is 0 Å². The number of carbonyl (C=O) groups excluding carboxylic acids is 3. The summed E-state index contributed by atoms with van der Waals surface area (Å²) in [5.41, 5.74) is 2.23. The van der Waals surface area contributed by atoms with Crippen LogP contribution in [-0.4, -0.2) is 91.1 Å². The van der Waals surface area contributed by atoms with Crippen LogP contribution in [0, 0.1) is 23.5 Å². The molecule has 2 aromatic heterocycles. The van der Waals surface area contributed by atoms with Crippen molar-refractivity contribution < 1.29 is 37.8 Å². The van der Waals surface area contributed by atoms with E-state index >= 15 is 8.78 Å². The van der Waals surface area contributed by atoms with Gasteiger partial charge in [-0.1, -0.05) is 39.8 Å². The molecular weight excluding hydrogens is 714 g/mol. The number of aromatic nitrogens is 4. The monoisotopic (exact) mass is 760 g/mol. The minimum Gasteiger partial charge on any atom is -0.465 e. The van der Waals surface area contributed by atoms with Gasteiger partial charge in [0.25, 0.3) is 0 Å². The van der Waals surface area contributed by atoms with Crippen molar-refractivity contribution in [1.82, 2.24) is 40.4 Å². The highest BCUT2D eigenvalue weighted by Gasteiger charge is 2.39. The van der Waals surface area contributed by atoms with Crippen molar-refractivity contribution >= 4 is 24.0 Å². The number of amides is 4. The predicted molar refractivity (Wildman–Crippen MR) is 198 cm³/mol. The fourth-order valence-corrected chi connectivity index (χ4v) is 7.44. The number of likely N-dealkylation sites (tertiary alicyclic amines) is 2. The summed E-state index contributed by atoms with van der Waals surface area (Å²) < 4.78 is 36.0. The highest BCUT2D eigenvalue weighted by Crippen LogP contribution is 2.36. The number of nitrogens with one attached hydrogen (secondary N) is 4. The molecule has 4 amide bonds. The van der Waals surface area contributed by atoms with Crippen LogP contribution in [0.15, 0.2) is 48.8 Å². The Bertz CT molecular complexity index is 2060. The molecule has 4 atom stereocenters. The number of hydrogen-bond donors (Lipinski definition) is 5. The van der Waals surface area contributed by atoms with E-state index in [1.165, 1.54) is 31.6 Å². The first-order chi connectivity index (χ1) is 26.3. The summed E-state index contributed by atoms with van der Waals surface area (Å²) in [5, 5.41) is 14.2. The molecule has 2 aliphatic rings. The summed E-state index contributed by atoms with van der Waals surface area (Å²) in [7, 11) is 1.24. The summed E-state index contributed by atoms with van der Waals surface area (Å²) >= 11 is 0. The van der Waals surface area contributed by atoms with E-state index in [1.807, 2.05) is 13.8 Å². The molecule has 4 heterocycles. The number of carboxylic acid groups (broad SMARTS) is 1. The highest BCUT2D eigenvalue weighted by molar-refractivity contribution is 5.87. The normalized spacial score (nSPS) is 18.1. The first-order valence-corrected chi connectivity index (χ1v) is 18.4. The second-order valence-electron chi connectivity index (χ2n) is 14.7. The van der Waals surface area contributed by atoms with Gasteiger partial charge in [-0.25, -0.2) is 28.3 Å². The van der Waals surface area contributed by atoms with Crippen LogP contribution < -0.4 is 10.6 Å². The van der Waals surface area contributed by atoms with Crippen molar-refractivity contribution in [2.45, 2.75) is 77.5 Å². The zero-order chi connectivity index (χ0) is 39.6. The van der Waals surface area contributed by atoms with Crippen LogP contribution in [0.4, 0.5) is 18.4 Å². The lowest BCUT2D eigenvalue weighted by molar-refractivity contribution is -0.136. The lowest BCUT2D eigenvalue weighted by atomic mass is 10.00. The van der Waals surface area contributed by atoms with E-state index < -0.39 is 41.9 Å². The van der Waals surface area contributed by atoms with Gasteiger partial charge in [-0.15, -0.1) is 0 Å². The van der Waals surface area contributed by atoms with Crippen LogP contribution in [-0.2, 0) is 14.3 Å². The van der Waals surface area contributed by atoms with Crippen LogP contribution in [0.25, 0.3) is 33.6 Å². The van der Waals surface area contributed by atoms with Crippen molar-refractivity contribution in [2.24, 2.45) is 11.8 Å². The molecule has 5 N–H and O–H groups in total. The molecule has 0 radical (unpaired) electrons. The zero-order valence-electron chi connectivity index (χ0n) is 31.4. The molecule has 0 saturated carbocycles. The third-order valence-electron chi connectivity index (χ3n) is 10.3. The average molecular weight is 761 g/mol. The number of imidazole rings is 2. The summed E-state index contributed by atoms with van der Waals surface area (Å²) in [6.45, 7) is 8.15. The Labute approximate surface area is 317 Å². The SMILES string of the molecule is COC(=O)N[C@H](C(=O)N1CCCC1c1ncc(-c2ccc(-c3ccc(-c4cnc([C@@H]5CCCN5C(=O)[C@@H](NC(=O)O)C(C)C)[nH]4)c(F)c3)cc2F)[nH]1)C(C)C. The third kappa shape index (κ3) is 8.17. The smallest absolute Gasteiger partial charge is 0.407 e. The molecular formula is C39H46F2N8O6. The quantitative estimate of drug-likeness (QED) is 0.116. The molecule has 0 bridgehead atoms. The lowest BCUT2D eigenvalue weighted by Crippen LogP contribution is -2.51. The van der Waals surface area contributed by atoms with E-state index in [-0.39, 0.29) is 40.8 Å². The number of rotatable bonds is 11. The van der Waals surface area contributed by atoms with Gasteiger partial charge >= 0.3 is 12.2 Å². The molecule has 16 heteroatoms. The largest absolute Gasteiger partial charge is 0.465 e. The first-order valence-electron chi connectivity index (χ1n) is 18.4. The number of hydrogen-bond acceptors (Lipinski definition) is 7. The van der Waals surface area contributed by atoms with Crippen molar-refractivity contribution in [3.63, 3.8) is 0 Å². The molecule has 0 aliphatic carbocycles. The van der Waals surface area contributed by atoms with Gasteiger partial charge in [0.2, 0.25) is 11.8 Å². The summed E-state index contributed by atoms with van der Waals surface area (Å²) in [6, 6.07) is 6.70. The molecule has 292 valence electrons. The van der Waals surface area contributed by atoms with Crippen molar-refractivity contribution in [1.29, 1.82) is 0 Å². The molecule has 2 aliphatic heterocycles. The molecule has 2 fully saturated rings. The molecule has 4 aromatic rings. The van der Waals surface area contributed by atoms with Gasteiger partial charge in [0, 0.05) is 24.2 Å². The fraction of sp³-hybridized carbons (Fsp3) is 0.436. The maximum atomic E-state index is 15.7. The Balaban J connectivity index is 1.16. The molecule has 2 saturated heterocycles. The Morgan fingerprint density at radius 1 is 0.764 bits per heavy atom. The zero-order valence-corrected chi connectivity index (χ0v) is 31.4. The summed E-state index contributed by atoms with van der Waals surface area (Å²) in [6.07, 6.45) is 3.77. The summed E-state index contributed by atoms with van der Waals surface area (Å²) in [5.74, 6) is -1.15. The van der Waals surface area contributed by atoms with Crippen LogP contribution in [0.1, 0.15) is 77.1 Å². The van der Waals surface area contributed by atoms with Gasteiger partial charge in [0.05, 0.1) is 43.0 Å². The van der Waals surface area contributed by atoms with E-state index in [2.05, 4.69) is 30.6 Å². The molecule has 55 heavy (non-hydrogen) atoms. The van der Waals surface area contributed by atoms with Gasteiger partial charge in [-0.2, -0.15) is 0 Å². The molecule has 6 rings (SSSR count). The van der Waals surface area contributed by atoms with Crippen molar-refractivity contribution in [3.8, 4) is 33.6 Å². The number of ether oxygens (including phenoxy) is 1. The van der Waals surface area contributed by atoms with E-state index in [0.717, 1.165) is 6.42 Å². The van der Waals surface area contributed by atoms with Crippen molar-refractivity contribution in [3.05, 3.63) is 72.1 Å². The van der Waals surface area contributed by atoms with Crippen LogP contribution in [0.3, 0.4) is 0 Å². The minimum absolute atomic E-state index is 0.183. The van der Waals surface area contributed by atoms with Gasteiger partial charge in [-0.05, 0) is 72.9 Å². The average Bonchev–Trinajstić information content (AvgIpc) is 3.98. The Kier molecular flexibility index (Phi) is 11.5. The molecule has 1 unspecified atom stereocenters. The number of alkyl carbamates (subject to hydrolysis) is 1. The van der Waals surface area contributed by atoms with E-state index in [9.17, 15) is 24.3 Å². The number of H-pyrrole nitrogens is 2. The van der Waals surface area contributed by atoms with E-state index in [4.69, 9.17) is 4.74 Å². The standard InChI is InChI=1S/C39H46F2N8O6/c1-20(2)32(46-38(52)53)36(50)48-14-6-8-30(48)34-42-18-28(44-34)24-12-10-22(16-26(24)40)23-11-13-25(27(41)17-23)29-19-43-35(45-29)31-9-7-15-49(31)37(51)33(21(3)4)47-39(54)55-5/h10-13,16-21,30-33,46H,6-9,14-15H2,1-5H3,(H,42,44)(H,43,45)(H,47,54)(H,52,53)/t30-,31?,32-,33-/m0/s1. The number of nitrogens with zero attached hydrogens (tertiary/aromatic N) is 4. The Morgan fingerprint density at radius 3 is 1.58 bits per heavy atom. The molecule has 0 spiro atoms. The fourth-order valence-electron chi connectivity index (χ4n) is 7.44. The third-order valence-corrected chi connectivity index (χ3v) is 10.3. The van der Waals surface area contributed by atoms with Crippen LogP contribution >= 0.6 is 0 Å². The number of aromatic amines is 2. The molecule has 2 aromatic carbocycles. The number of halogens is 2. The predicted octanol–water partition coefficient (Wildman–Crippen LogP) is 6.41. The van der Waals surface area contributed by atoms with Crippen molar-refractivity contribution in [2.75, 3.05) is 20.2 Å². The van der Waals surface area contributed by atoms with Gasteiger partial charge in [0.15, 0.2) is 0 Å². The van der Waals surface area contributed by atoms with Crippen LogP contribution in [0.2, 0.25) is 0 Å². The number of benzene rings is 2. The lowest BCUT2D eigenvalue weighted by Gasteiger charge is -2.30. The highest BCUT2D eigenvalue weighted by atomic mass is 19.1. The second-order valence-corrected chi connectivity index (χ2v) is 14.7. The maximum absolute atomic E-state index is 15.7. The van der Waals surface area contributed by atoms with Gasteiger partial charge < -0.3 is 40.2 Å². The van der Waals surface area contributed by atoms with Gasteiger partial charge in [-0.3, -0.25) is 9.59 Å². The Morgan fingerprint density at radius 2 is 1.20 bits per heavy atom. The Hall–Kier alpha value is -5.80. The van der Waals surface area contributed by atoms with E-state index in [1.54, 1.807) is 47.9 Å². The summed E-state index contributed by atoms with van der Waals surface area (Å²) in [4.78, 5) is 68.7. The number of carbonyl (C=O) groups is 4. The number of methoxy groups -OCH3 is 1. The molecule has 14 nitrogen and oxygen atoms in total. The topological polar surface area (TPSA) is 186 Å². The second kappa shape index (κ2) is 16.3. The van der Waals surface area contributed by atoms with Gasteiger partial charge in [0.1, 0.15) is 35.4 Å². The minimum atomic E-state index is -1.27.